The number of Topliss-reactive ketones (excluding diaryl/α,β-unsaturated/α-hetero) is 1. The van der Waals surface area contributed by atoms with Crippen molar-refractivity contribution in [2.24, 2.45) is 0 Å². The number of carbonyl (C=O) groups is 1. The molecule has 0 saturated carbocycles. The molecular formula is C12H9BrFN3O. The van der Waals surface area contributed by atoms with E-state index in [0.29, 0.717) is 15.9 Å². The molecule has 2 rings (SSSR count). The standard InChI is InChI=1S/C12H9BrFN3O/c1-6(18)8-3-2-7(4-9(8)14)11-12(15)16-5-10(13)17-11/h2-5H,1H3,(H2,15,16). The van der Waals surface area contributed by atoms with E-state index in [1.807, 2.05) is 0 Å². The van der Waals surface area contributed by atoms with Crippen molar-refractivity contribution >= 4 is 27.5 Å². The molecule has 4 nitrogen and oxygen atoms in total. The second kappa shape index (κ2) is 4.81. The molecule has 1 aromatic carbocycles. The van der Waals surface area contributed by atoms with Gasteiger partial charge in [0.2, 0.25) is 0 Å². The maximum absolute atomic E-state index is 13.7. The molecule has 0 saturated heterocycles. The highest BCUT2D eigenvalue weighted by Crippen LogP contribution is 2.25. The van der Waals surface area contributed by atoms with Crippen LogP contribution >= 0.6 is 15.9 Å². The van der Waals surface area contributed by atoms with Crippen LogP contribution in [0.1, 0.15) is 17.3 Å². The predicted molar refractivity (Wildman–Crippen MR) is 69.5 cm³/mol. The highest BCUT2D eigenvalue weighted by Gasteiger charge is 2.12. The molecule has 0 radical (unpaired) electrons. The molecule has 0 fully saturated rings. The number of nitrogens with two attached hydrogens (primary N) is 1. The Kier molecular flexibility index (Phi) is 3.38. The predicted octanol–water partition coefficient (Wildman–Crippen LogP) is 2.83. The van der Waals surface area contributed by atoms with Crippen LogP contribution in [0.15, 0.2) is 29.0 Å². The van der Waals surface area contributed by atoms with Gasteiger partial charge in [0.25, 0.3) is 0 Å². The zero-order valence-corrected chi connectivity index (χ0v) is 11.0. The highest BCUT2D eigenvalue weighted by molar-refractivity contribution is 9.10. The van der Waals surface area contributed by atoms with E-state index >= 15 is 0 Å². The van der Waals surface area contributed by atoms with Crippen LogP contribution in [0, 0.1) is 5.82 Å². The van der Waals surface area contributed by atoms with Gasteiger partial charge in [0.15, 0.2) is 5.78 Å². The van der Waals surface area contributed by atoms with Crippen LogP contribution in [0.25, 0.3) is 11.3 Å². The van der Waals surface area contributed by atoms with Gasteiger partial charge in [0, 0.05) is 5.56 Å². The lowest BCUT2D eigenvalue weighted by Crippen LogP contribution is -2.00. The number of hydrogen-bond acceptors (Lipinski definition) is 4. The normalized spacial score (nSPS) is 10.4. The van der Waals surface area contributed by atoms with Crippen LogP contribution < -0.4 is 5.73 Å². The summed E-state index contributed by atoms with van der Waals surface area (Å²) in [6, 6.07) is 4.23. The van der Waals surface area contributed by atoms with Crippen molar-refractivity contribution in [3.05, 3.63) is 40.4 Å². The molecule has 1 aromatic heterocycles. The van der Waals surface area contributed by atoms with Gasteiger partial charge in [-0.2, -0.15) is 0 Å². The quantitative estimate of drug-likeness (QED) is 0.866. The smallest absolute Gasteiger partial charge is 0.162 e. The number of ketones is 1. The third kappa shape index (κ3) is 2.38. The number of aromatic nitrogens is 2. The molecule has 2 N–H and O–H groups in total. The van der Waals surface area contributed by atoms with Gasteiger partial charge in [-0.15, -0.1) is 0 Å². The van der Waals surface area contributed by atoms with Gasteiger partial charge >= 0.3 is 0 Å². The molecule has 0 amide bonds. The molecule has 0 unspecified atom stereocenters. The summed E-state index contributed by atoms with van der Waals surface area (Å²) >= 11 is 3.17. The van der Waals surface area contributed by atoms with Crippen LogP contribution in [0.5, 0.6) is 0 Å². The minimum Gasteiger partial charge on any atom is -0.382 e. The summed E-state index contributed by atoms with van der Waals surface area (Å²) in [5, 5.41) is 0. The lowest BCUT2D eigenvalue weighted by Gasteiger charge is -2.06. The second-order valence-electron chi connectivity index (χ2n) is 3.68. The number of benzene rings is 1. The SMILES string of the molecule is CC(=O)c1ccc(-c2nc(Br)cnc2N)cc1F. The minimum absolute atomic E-state index is 0.0419. The van der Waals surface area contributed by atoms with Gasteiger partial charge in [-0.1, -0.05) is 6.07 Å². The molecule has 0 atom stereocenters. The molecule has 1 heterocycles. The first-order chi connectivity index (χ1) is 8.49. The molecule has 0 aliphatic rings. The van der Waals surface area contributed by atoms with E-state index in [1.165, 1.54) is 25.3 Å². The van der Waals surface area contributed by atoms with Crippen molar-refractivity contribution in [1.82, 2.24) is 9.97 Å². The maximum Gasteiger partial charge on any atom is 0.162 e. The zero-order valence-electron chi connectivity index (χ0n) is 9.45. The van der Waals surface area contributed by atoms with Crippen molar-refractivity contribution in [2.75, 3.05) is 5.73 Å². The average Bonchev–Trinajstić information content (AvgIpc) is 2.31. The number of nitrogen functional groups attached to an aromatic ring is 1. The molecule has 0 bridgehead atoms. The van der Waals surface area contributed by atoms with Crippen LogP contribution in [-0.4, -0.2) is 15.8 Å². The summed E-state index contributed by atoms with van der Waals surface area (Å²) in [4.78, 5) is 19.2. The first kappa shape index (κ1) is 12.6. The van der Waals surface area contributed by atoms with E-state index in [1.54, 1.807) is 6.07 Å². The van der Waals surface area contributed by atoms with E-state index in [4.69, 9.17) is 5.73 Å². The van der Waals surface area contributed by atoms with E-state index in [0.717, 1.165) is 0 Å². The van der Waals surface area contributed by atoms with E-state index < -0.39 is 5.82 Å². The number of hydrogen-bond donors (Lipinski definition) is 1. The zero-order chi connectivity index (χ0) is 13.3. The molecule has 92 valence electrons. The first-order valence-corrected chi connectivity index (χ1v) is 5.87. The van der Waals surface area contributed by atoms with E-state index in [9.17, 15) is 9.18 Å². The largest absolute Gasteiger partial charge is 0.382 e. The van der Waals surface area contributed by atoms with Gasteiger partial charge < -0.3 is 5.73 Å². The van der Waals surface area contributed by atoms with Gasteiger partial charge in [0.1, 0.15) is 21.9 Å². The van der Waals surface area contributed by atoms with Crippen molar-refractivity contribution in [1.29, 1.82) is 0 Å². The fourth-order valence-corrected chi connectivity index (χ4v) is 1.82. The van der Waals surface area contributed by atoms with Crippen molar-refractivity contribution in [2.45, 2.75) is 6.92 Å². The molecule has 6 heteroatoms. The molecule has 2 aromatic rings. The first-order valence-electron chi connectivity index (χ1n) is 5.08. The summed E-state index contributed by atoms with van der Waals surface area (Å²) < 4.78 is 14.2. The van der Waals surface area contributed by atoms with Gasteiger partial charge in [0.05, 0.1) is 11.8 Å². The number of halogens is 2. The highest BCUT2D eigenvalue weighted by atomic mass is 79.9. The molecular weight excluding hydrogens is 301 g/mol. The Balaban J connectivity index is 2.55. The van der Waals surface area contributed by atoms with Gasteiger partial charge in [-0.3, -0.25) is 4.79 Å². The molecule has 0 aliphatic carbocycles. The fourth-order valence-electron chi connectivity index (χ4n) is 1.54. The Morgan fingerprint density at radius 1 is 1.44 bits per heavy atom. The Bertz CT molecular complexity index is 631. The molecule has 18 heavy (non-hydrogen) atoms. The maximum atomic E-state index is 13.7. The third-order valence-electron chi connectivity index (χ3n) is 2.39. The number of rotatable bonds is 2. The lowest BCUT2D eigenvalue weighted by molar-refractivity contribution is 0.101. The Hall–Kier alpha value is -1.82. The summed E-state index contributed by atoms with van der Waals surface area (Å²) in [5.74, 6) is -0.721. The summed E-state index contributed by atoms with van der Waals surface area (Å²) in [5.41, 5.74) is 6.58. The van der Waals surface area contributed by atoms with E-state index in [2.05, 4.69) is 25.9 Å². The number of nitrogens with zero attached hydrogens (tertiary/aromatic N) is 2. The fraction of sp³-hybridized carbons (Fsp3) is 0.0833. The second-order valence-corrected chi connectivity index (χ2v) is 4.49. The topological polar surface area (TPSA) is 68.9 Å². The van der Waals surface area contributed by atoms with Crippen molar-refractivity contribution < 1.29 is 9.18 Å². The summed E-state index contributed by atoms with van der Waals surface area (Å²) in [6.45, 7) is 1.31. The van der Waals surface area contributed by atoms with Crippen LogP contribution in [0.4, 0.5) is 10.2 Å². The Morgan fingerprint density at radius 2 is 2.17 bits per heavy atom. The monoisotopic (exact) mass is 309 g/mol. The van der Waals surface area contributed by atoms with Crippen LogP contribution in [0.3, 0.4) is 0 Å². The van der Waals surface area contributed by atoms with Crippen LogP contribution in [0.2, 0.25) is 0 Å². The minimum atomic E-state index is -0.596. The van der Waals surface area contributed by atoms with Crippen molar-refractivity contribution in [3.63, 3.8) is 0 Å². The van der Waals surface area contributed by atoms with Gasteiger partial charge in [-0.05, 0) is 35.0 Å². The average molecular weight is 310 g/mol. The van der Waals surface area contributed by atoms with Gasteiger partial charge in [-0.25, -0.2) is 14.4 Å². The molecule has 0 spiro atoms. The number of anilines is 1. The Morgan fingerprint density at radius 3 is 2.78 bits per heavy atom. The summed E-state index contributed by atoms with van der Waals surface area (Å²) in [6.07, 6.45) is 1.46. The van der Waals surface area contributed by atoms with Crippen LogP contribution in [-0.2, 0) is 0 Å². The Labute approximate surface area is 111 Å². The lowest BCUT2D eigenvalue weighted by atomic mass is 10.1. The van der Waals surface area contributed by atoms with Crippen molar-refractivity contribution in [3.8, 4) is 11.3 Å². The third-order valence-corrected chi connectivity index (χ3v) is 2.78. The summed E-state index contributed by atoms with van der Waals surface area (Å²) in [7, 11) is 0. The van der Waals surface area contributed by atoms with E-state index in [-0.39, 0.29) is 17.2 Å². The number of carbonyl (C=O) groups excluding carboxylic acids is 1. The molecule has 0 aliphatic heterocycles.